The van der Waals surface area contributed by atoms with Crippen LogP contribution in [0.5, 0.6) is 0 Å². The number of para-hydroxylation sites is 3. The molecule has 4 heterocycles. The molecule has 7 aromatic carbocycles. The van der Waals surface area contributed by atoms with Crippen molar-refractivity contribution in [2.45, 2.75) is 0 Å². The van der Waals surface area contributed by atoms with Gasteiger partial charge in [0.1, 0.15) is 0 Å². The molecule has 0 bridgehead atoms. The molecule has 232 valence electrons. The van der Waals surface area contributed by atoms with Gasteiger partial charge >= 0.3 is 0 Å². The Morgan fingerprint density at radius 1 is 0.320 bits per heavy atom. The summed E-state index contributed by atoms with van der Waals surface area (Å²) in [6, 6.07) is 57.8. The van der Waals surface area contributed by atoms with Crippen LogP contribution >= 0.6 is 0 Å². The van der Waals surface area contributed by atoms with Crippen LogP contribution in [-0.4, -0.2) is 23.9 Å². The van der Waals surface area contributed by atoms with Gasteiger partial charge in [0.15, 0.2) is 11.6 Å². The molecular weight excluding hydrogens is 611 g/mol. The highest BCUT2D eigenvalue weighted by atomic mass is 15.2. The molecule has 4 aromatic heterocycles. The summed E-state index contributed by atoms with van der Waals surface area (Å²) in [5.41, 5.74) is 10.1. The molecule has 11 rings (SSSR count). The molecule has 11 aromatic rings. The van der Waals surface area contributed by atoms with Crippen LogP contribution in [0.2, 0.25) is 0 Å². The first kappa shape index (κ1) is 27.1. The largest absolute Gasteiger partial charge is 0.308 e. The molecule has 0 aliphatic carbocycles. The molecule has 0 N–H and O–H groups in total. The maximum atomic E-state index is 5.10. The number of benzene rings is 7. The number of aromatic nitrogens is 5. The van der Waals surface area contributed by atoms with E-state index in [-0.39, 0.29) is 0 Å². The number of hydrogen-bond donors (Lipinski definition) is 0. The summed E-state index contributed by atoms with van der Waals surface area (Å²) in [6.07, 6.45) is 0. The van der Waals surface area contributed by atoms with Crippen LogP contribution in [0.25, 0.3) is 99.8 Å². The van der Waals surface area contributed by atoms with Gasteiger partial charge in [-0.1, -0.05) is 121 Å². The van der Waals surface area contributed by atoms with E-state index in [9.17, 15) is 0 Å². The van der Waals surface area contributed by atoms with E-state index in [1.807, 2.05) is 60.7 Å². The van der Waals surface area contributed by atoms with Crippen molar-refractivity contribution in [3.63, 3.8) is 0 Å². The minimum atomic E-state index is 0.593. The topological polar surface area (TPSA) is 48.0 Å². The van der Waals surface area contributed by atoms with Crippen LogP contribution in [-0.2, 0) is 0 Å². The van der Waals surface area contributed by atoms with Gasteiger partial charge in [-0.2, -0.15) is 9.97 Å². The summed E-state index contributed by atoms with van der Waals surface area (Å²) in [4.78, 5) is 15.1. The maximum absolute atomic E-state index is 5.10. The molecule has 0 aliphatic rings. The molecule has 0 spiro atoms. The van der Waals surface area contributed by atoms with Gasteiger partial charge in [0, 0.05) is 43.4 Å². The zero-order chi connectivity index (χ0) is 32.8. The SMILES string of the molecule is c1ccc(-c2nc(-c3ccccc3)nc(-n3c4ccccc4c4cc(-c5cc6c7ccccc7n7c8ccccc8c(c5)c67)ccc43)n2)cc1. The molecule has 0 radical (unpaired) electrons. The van der Waals surface area contributed by atoms with Gasteiger partial charge in [-0.25, -0.2) is 4.98 Å². The molecule has 0 amide bonds. The first-order chi connectivity index (χ1) is 24.8. The third-order valence-electron chi connectivity index (χ3n) is 10.1. The van der Waals surface area contributed by atoms with Crippen molar-refractivity contribution in [1.29, 1.82) is 0 Å². The summed E-state index contributed by atoms with van der Waals surface area (Å²) in [5, 5.41) is 7.41. The third-order valence-corrected chi connectivity index (χ3v) is 10.1. The van der Waals surface area contributed by atoms with Crippen LogP contribution < -0.4 is 0 Å². The van der Waals surface area contributed by atoms with E-state index in [0.29, 0.717) is 17.6 Å². The maximum Gasteiger partial charge on any atom is 0.238 e. The van der Waals surface area contributed by atoms with Crippen molar-refractivity contribution < 1.29 is 0 Å². The number of nitrogens with zero attached hydrogens (tertiary/aromatic N) is 5. The smallest absolute Gasteiger partial charge is 0.238 e. The molecule has 0 atom stereocenters. The second kappa shape index (κ2) is 10.3. The summed E-state index contributed by atoms with van der Waals surface area (Å²) in [6.45, 7) is 0. The third kappa shape index (κ3) is 3.86. The summed E-state index contributed by atoms with van der Waals surface area (Å²) in [7, 11) is 0. The minimum Gasteiger partial charge on any atom is -0.308 e. The van der Waals surface area contributed by atoms with Gasteiger partial charge in [-0.05, 0) is 53.6 Å². The van der Waals surface area contributed by atoms with Crippen LogP contribution in [0.3, 0.4) is 0 Å². The zero-order valence-electron chi connectivity index (χ0n) is 26.8. The highest BCUT2D eigenvalue weighted by molar-refractivity contribution is 6.24. The lowest BCUT2D eigenvalue weighted by molar-refractivity contribution is 0.953. The highest BCUT2D eigenvalue weighted by Gasteiger charge is 2.21. The van der Waals surface area contributed by atoms with Crippen LogP contribution in [0.15, 0.2) is 164 Å². The fourth-order valence-electron chi connectivity index (χ4n) is 7.88. The molecule has 0 saturated heterocycles. The van der Waals surface area contributed by atoms with Crippen molar-refractivity contribution in [1.82, 2.24) is 23.9 Å². The van der Waals surface area contributed by atoms with Crippen LogP contribution in [0.1, 0.15) is 0 Å². The standard InChI is InChI=1S/C45H27N5/c1-3-13-28(14-4-1)43-46-44(29-15-5-2-6-16-29)48-45(47-43)50-40-22-12-7-17-32(40)35-25-30(23-24-41(35)50)31-26-36-33-18-8-10-20-38(33)49-39-21-11-9-19-34(39)37(27-31)42(36)49/h1-27H. The van der Waals surface area contributed by atoms with Gasteiger partial charge < -0.3 is 4.40 Å². The second-order valence-corrected chi connectivity index (χ2v) is 12.9. The summed E-state index contributed by atoms with van der Waals surface area (Å²) < 4.78 is 4.61. The monoisotopic (exact) mass is 637 g/mol. The van der Waals surface area contributed by atoms with E-state index in [2.05, 4.69) is 112 Å². The predicted octanol–water partition coefficient (Wildman–Crippen LogP) is 11.1. The molecule has 0 unspecified atom stereocenters. The molecule has 5 nitrogen and oxygen atoms in total. The van der Waals surface area contributed by atoms with Crippen molar-refractivity contribution in [2.75, 3.05) is 0 Å². The Bertz CT molecular complexity index is 2940. The minimum absolute atomic E-state index is 0.593. The second-order valence-electron chi connectivity index (χ2n) is 12.9. The Hall–Kier alpha value is -6.85. The number of rotatable bonds is 4. The van der Waals surface area contributed by atoms with E-state index in [1.54, 1.807) is 0 Å². The van der Waals surface area contributed by atoms with Crippen molar-refractivity contribution >= 4 is 59.9 Å². The van der Waals surface area contributed by atoms with Gasteiger partial charge in [0.05, 0.1) is 27.6 Å². The zero-order valence-corrected chi connectivity index (χ0v) is 26.8. The fourth-order valence-corrected chi connectivity index (χ4v) is 7.88. The highest BCUT2D eigenvalue weighted by Crippen LogP contribution is 2.42. The normalized spacial score (nSPS) is 12.0. The van der Waals surface area contributed by atoms with Gasteiger partial charge in [0.25, 0.3) is 0 Å². The first-order valence-electron chi connectivity index (χ1n) is 16.9. The fraction of sp³-hybridized carbons (Fsp3) is 0. The number of fused-ring (bicyclic) bond motifs is 9. The van der Waals surface area contributed by atoms with Gasteiger partial charge in [-0.3, -0.25) is 4.57 Å². The van der Waals surface area contributed by atoms with Crippen molar-refractivity contribution in [3.05, 3.63) is 164 Å². The molecule has 5 heteroatoms. The van der Waals surface area contributed by atoms with Crippen molar-refractivity contribution in [2.24, 2.45) is 0 Å². The lowest BCUT2D eigenvalue weighted by atomic mass is 9.98. The first-order valence-corrected chi connectivity index (χ1v) is 16.9. The Morgan fingerprint density at radius 3 is 1.36 bits per heavy atom. The summed E-state index contributed by atoms with van der Waals surface area (Å²) >= 11 is 0. The molecule has 0 saturated carbocycles. The Labute approximate surface area is 286 Å². The van der Waals surface area contributed by atoms with E-state index >= 15 is 0 Å². The Morgan fingerprint density at radius 2 is 0.780 bits per heavy atom. The lowest BCUT2D eigenvalue weighted by Gasteiger charge is -2.11. The molecule has 50 heavy (non-hydrogen) atoms. The molecule has 0 aliphatic heterocycles. The van der Waals surface area contributed by atoms with E-state index in [1.165, 1.54) is 49.2 Å². The average molecular weight is 638 g/mol. The van der Waals surface area contributed by atoms with Crippen LogP contribution in [0.4, 0.5) is 0 Å². The predicted molar refractivity (Wildman–Crippen MR) is 205 cm³/mol. The Kier molecular flexibility index (Phi) is 5.60. The average Bonchev–Trinajstić information content (AvgIpc) is 3.83. The molecule has 0 fully saturated rings. The van der Waals surface area contributed by atoms with E-state index in [0.717, 1.165) is 32.9 Å². The quantitative estimate of drug-likeness (QED) is 0.193. The number of hydrogen-bond acceptors (Lipinski definition) is 3. The van der Waals surface area contributed by atoms with Gasteiger partial charge in [0.2, 0.25) is 5.95 Å². The van der Waals surface area contributed by atoms with E-state index in [4.69, 9.17) is 15.0 Å². The van der Waals surface area contributed by atoms with E-state index < -0.39 is 0 Å². The van der Waals surface area contributed by atoms with Crippen LogP contribution in [0, 0.1) is 0 Å². The summed E-state index contributed by atoms with van der Waals surface area (Å²) in [5.74, 6) is 1.88. The van der Waals surface area contributed by atoms with Gasteiger partial charge in [-0.15, -0.1) is 0 Å². The molecular formula is C45H27N5. The lowest BCUT2D eigenvalue weighted by Crippen LogP contribution is -2.06. The Balaban J connectivity index is 1.16. The van der Waals surface area contributed by atoms with Crippen molar-refractivity contribution in [3.8, 4) is 39.9 Å².